The summed E-state index contributed by atoms with van der Waals surface area (Å²) in [4.78, 5) is 13.4. The molecule has 1 N–H and O–H groups in total. The highest BCUT2D eigenvalue weighted by Crippen LogP contribution is 2.31. The number of nitrogens with zero attached hydrogens (tertiary/aromatic N) is 2. The van der Waals surface area contributed by atoms with Crippen molar-refractivity contribution in [3.8, 4) is 5.75 Å². The van der Waals surface area contributed by atoms with Crippen LogP contribution in [0.25, 0.3) is 0 Å². The Balaban J connectivity index is 1.63. The first kappa shape index (κ1) is 21.7. The molecule has 1 aliphatic heterocycles. The van der Waals surface area contributed by atoms with E-state index in [1.54, 1.807) is 4.90 Å². The maximum Gasteiger partial charge on any atom is 0.573 e. The zero-order valence-electron chi connectivity index (χ0n) is 15.8. The minimum absolute atomic E-state index is 0.000766. The SMILES string of the molecule is O=C(NC1CCCCC1)N1CCN(S(=O)(=O)c2ccccc2OC(F)(F)F)CC1. The normalized spacial score (nSPS) is 19.8. The molecular weight excluding hydrogens is 411 g/mol. The van der Waals surface area contributed by atoms with Crippen molar-refractivity contribution in [2.24, 2.45) is 0 Å². The van der Waals surface area contributed by atoms with Crippen LogP contribution in [0.3, 0.4) is 0 Å². The van der Waals surface area contributed by atoms with E-state index in [2.05, 4.69) is 10.1 Å². The van der Waals surface area contributed by atoms with Crippen molar-refractivity contribution in [1.82, 2.24) is 14.5 Å². The largest absolute Gasteiger partial charge is 0.573 e. The molecule has 2 amide bonds. The van der Waals surface area contributed by atoms with Crippen LogP contribution in [0.5, 0.6) is 5.75 Å². The van der Waals surface area contributed by atoms with E-state index in [-0.39, 0.29) is 38.3 Å². The summed E-state index contributed by atoms with van der Waals surface area (Å²) in [6, 6.07) is 4.57. The number of alkyl halides is 3. The number of halogens is 3. The number of amides is 2. The van der Waals surface area contributed by atoms with E-state index >= 15 is 0 Å². The van der Waals surface area contributed by atoms with Crippen LogP contribution in [-0.2, 0) is 10.0 Å². The van der Waals surface area contributed by atoms with E-state index in [4.69, 9.17) is 0 Å². The number of hydrogen-bond acceptors (Lipinski definition) is 4. The molecule has 2 aliphatic rings. The average Bonchev–Trinajstić information content (AvgIpc) is 2.68. The van der Waals surface area contributed by atoms with Crippen LogP contribution in [0, 0.1) is 0 Å². The summed E-state index contributed by atoms with van der Waals surface area (Å²) in [5, 5.41) is 2.98. The summed E-state index contributed by atoms with van der Waals surface area (Å²) < 4.78 is 68.5. The highest BCUT2D eigenvalue weighted by Gasteiger charge is 2.37. The van der Waals surface area contributed by atoms with Gasteiger partial charge in [-0.15, -0.1) is 13.2 Å². The Kier molecular flexibility index (Phi) is 6.57. The summed E-state index contributed by atoms with van der Waals surface area (Å²) in [6.07, 6.45) is 0.211. The Morgan fingerprint density at radius 1 is 1.03 bits per heavy atom. The Bertz CT molecular complexity index is 818. The third-order valence-electron chi connectivity index (χ3n) is 5.15. The molecule has 29 heavy (non-hydrogen) atoms. The van der Waals surface area contributed by atoms with Crippen molar-refractivity contribution in [1.29, 1.82) is 0 Å². The zero-order chi connectivity index (χ0) is 21.1. The van der Waals surface area contributed by atoms with Crippen molar-refractivity contribution in [3.05, 3.63) is 24.3 Å². The molecule has 1 saturated carbocycles. The van der Waals surface area contributed by atoms with Crippen LogP contribution >= 0.6 is 0 Å². The van der Waals surface area contributed by atoms with Gasteiger partial charge in [-0.1, -0.05) is 31.4 Å². The lowest BCUT2D eigenvalue weighted by Gasteiger charge is -2.35. The fraction of sp³-hybridized carbons (Fsp3) is 0.611. The van der Waals surface area contributed by atoms with Crippen LogP contribution < -0.4 is 10.1 Å². The van der Waals surface area contributed by atoms with Crippen molar-refractivity contribution < 1.29 is 31.1 Å². The summed E-state index contributed by atoms with van der Waals surface area (Å²) in [5.74, 6) is -0.766. The molecule has 7 nitrogen and oxygen atoms in total. The first-order valence-corrected chi connectivity index (χ1v) is 11.0. The second kappa shape index (κ2) is 8.78. The van der Waals surface area contributed by atoms with Crippen LogP contribution in [0.15, 0.2) is 29.2 Å². The minimum Gasteiger partial charge on any atom is -0.404 e. The molecule has 0 aromatic heterocycles. The van der Waals surface area contributed by atoms with Crippen LogP contribution in [-0.4, -0.2) is 62.2 Å². The zero-order valence-corrected chi connectivity index (χ0v) is 16.6. The lowest BCUT2D eigenvalue weighted by Crippen LogP contribution is -2.54. The summed E-state index contributed by atoms with van der Waals surface area (Å²) in [5.41, 5.74) is 0. The van der Waals surface area contributed by atoms with E-state index in [1.807, 2.05) is 0 Å². The van der Waals surface area contributed by atoms with Crippen molar-refractivity contribution in [3.63, 3.8) is 0 Å². The molecule has 3 rings (SSSR count). The highest BCUT2D eigenvalue weighted by molar-refractivity contribution is 7.89. The molecule has 11 heteroatoms. The van der Waals surface area contributed by atoms with E-state index in [9.17, 15) is 26.4 Å². The monoisotopic (exact) mass is 435 g/mol. The number of carbonyl (C=O) groups excluding carboxylic acids is 1. The number of benzene rings is 1. The maximum atomic E-state index is 12.8. The van der Waals surface area contributed by atoms with Gasteiger partial charge in [-0.2, -0.15) is 4.31 Å². The molecule has 0 unspecified atom stereocenters. The van der Waals surface area contributed by atoms with Crippen LogP contribution in [0.4, 0.5) is 18.0 Å². The molecular formula is C18H24F3N3O4S. The van der Waals surface area contributed by atoms with Gasteiger partial charge in [0, 0.05) is 32.2 Å². The van der Waals surface area contributed by atoms with Gasteiger partial charge < -0.3 is 15.0 Å². The summed E-state index contributed by atoms with van der Waals surface area (Å²) >= 11 is 0. The molecule has 1 heterocycles. The Labute approximate surface area is 167 Å². The number of ether oxygens (including phenoxy) is 1. The van der Waals surface area contributed by atoms with Crippen LogP contribution in [0.1, 0.15) is 32.1 Å². The number of piperazine rings is 1. The third-order valence-corrected chi connectivity index (χ3v) is 7.09. The Morgan fingerprint density at radius 3 is 2.28 bits per heavy atom. The smallest absolute Gasteiger partial charge is 0.404 e. The van der Waals surface area contributed by atoms with E-state index in [0.717, 1.165) is 42.1 Å². The van der Waals surface area contributed by atoms with Gasteiger partial charge in [-0.25, -0.2) is 13.2 Å². The maximum absolute atomic E-state index is 12.8. The van der Waals surface area contributed by atoms with Crippen LogP contribution in [0.2, 0.25) is 0 Å². The van der Waals surface area contributed by atoms with Gasteiger partial charge in [0.05, 0.1) is 0 Å². The summed E-state index contributed by atoms with van der Waals surface area (Å²) in [6.45, 7) is 0.335. The van der Waals surface area contributed by atoms with Crippen molar-refractivity contribution in [2.75, 3.05) is 26.2 Å². The molecule has 0 spiro atoms. The number of urea groups is 1. The lowest BCUT2D eigenvalue weighted by atomic mass is 9.96. The molecule has 2 fully saturated rings. The molecule has 0 radical (unpaired) electrons. The predicted molar refractivity (Wildman–Crippen MR) is 98.9 cm³/mol. The third kappa shape index (κ3) is 5.53. The van der Waals surface area contributed by atoms with Gasteiger partial charge >= 0.3 is 12.4 Å². The van der Waals surface area contributed by atoms with Crippen molar-refractivity contribution >= 4 is 16.1 Å². The first-order chi connectivity index (χ1) is 13.7. The number of nitrogens with one attached hydrogen (secondary N) is 1. The lowest BCUT2D eigenvalue weighted by molar-refractivity contribution is -0.275. The first-order valence-electron chi connectivity index (χ1n) is 9.57. The van der Waals surface area contributed by atoms with Gasteiger partial charge in [-0.05, 0) is 25.0 Å². The van der Waals surface area contributed by atoms with E-state index in [1.165, 1.54) is 18.6 Å². The van der Waals surface area contributed by atoms with Gasteiger partial charge in [0.25, 0.3) is 0 Å². The molecule has 1 aromatic rings. The minimum atomic E-state index is -5.00. The molecule has 0 atom stereocenters. The van der Waals surface area contributed by atoms with Crippen molar-refractivity contribution in [2.45, 2.75) is 49.4 Å². The second-order valence-electron chi connectivity index (χ2n) is 7.17. The number of sulfonamides is 1. The van der Waals surface area contributed by atoms with Gasteiger partial charge in [-0.3, -0.25) is 0 Å². The fourth-order valence-electron chi connectivity index (χ4n) is 3.66. The van der Waals surface area contributed by atoms with E-state index in [0.29, 0.717) is 0 Å². The summed E-state index contributed by atoms with van der Waals surface area (Å²) in [7, 11) is -4.19. The standard InChI is InChI=1S/C18H24F3N3O4S/c19-18(20,21)28-15-8-4-5-9-16(15)29(26,27)24-12-10-23(11-13-24)17(25)22-14-6-2-1-3-7-14/h4-5,8-9,14H,1-3,6-7,10-13H2,(H,22,25). The number of para-hydroxylation sites is 1. The van der Waals surface area contributed by atoms with Gasteiger partial charge in [0.15, 0.2) is 0 Å². The fourth-order valence-corrected chi connectivity index (χ4v) is 5.19. The number of rotatable bonds is 4. The molecule has 1 aromatic carbocycles. The molecule has 1 saturated heterocycles. The highest BCUT2D eigenvalue weighted by atomic mass is 32.2. The molecule has 0 bridgehead atoms. The molecule has 162 valence electrons. The Morgan fingerprint density at radius 2 is 1.66 bits per heavy atom. The molecule has 1 aliphatic carbocycles. The Hall–Kier alpha value is -2.01. The number of carbonyl (C=O) groups is 1. The quantitative estimate of drug-likeness (QED) is 0.789. The predicted octanol–water partition coefficient (Wildman–Crippen LogP) is 2.93. The topological polar surface area (TPSA) is 79.0 Å². The van der Waals surface area contributed by atoms with Gasteiger partial charge in [0.2, 0.25) is 10.0 Å². The van der Waals surface area contributed by atoms with Gasteiger partial charge in [0.1, 0.15) is 10.6 Å². The number of hydrogen-bond donors (Lipinski definition) is 1. The van der Waals surface area contributed by atoms with E-state index < -0.39 is 27.0 Å². The second-order valence-corrected chi connectivity index (χ2v) is 9.08. The average molecular weight is 435 g/mol.